The van der Waals surface area contributed by atoms with Gasteiger partial charge in [-0.2, -0.15) is 0 Å². The SMILES string of the molecule is NC(=O)/C=C\NC1=C(F)C(O)C(CO)O1. The molecule has 0 bridgehead atoms. The van der Waals surface area contributed by atoms with Gasteiger partial charge in [-0.05, 0) is 0 Å². The number of halogens is 1. The first-order valence-electron chi connectivity index (χ1n) is 4.14. The fourth-order valence-corrected chi connectivity index (χ4v) is 1.01. The fraction of sp³-hybridized carbons (Fsp3) is 0.375. The summed E-state index contributed by atoms with van der Waals surface area (Å²) in [6.07, 6.45) is -0.500. The van der Waals surface area contributed by atoms with E-state index in [1.165, 1.54) is 0 Å². The number of primary amides is 1. The molecule has 1 aliphatic heterocycles. The average Bonchev–Trinajstić information content (AvgIpc) is 2.45. The van der Waals surface area contributed by atoms with Gasteiger partial charge in [-0.1, -0.05) is 0 Å². The summed E-state index contributed by atoms with van der Waals surface area (Å²) in [7, 11) is 0. The van der Waals surface area contributed by atoms with Crippen molar-refractivity contribution < 1.29 is 24.1 Å². The molecule has 1 rings (SSSR count). The maximum absolute atomic E-state index is 13.1. The van der Waals surface area contributed by atoms with Crippen LogP contribution >= 0.6 is 0 Å². The molecule has 0 spiro atoms. The fourth-order valence-electron chi connectivity index (χ4n) is 1.01. The Balaban J connectivity index is 2.59. The van der Waals surface area contributed by atoms with Crippen molar-refractivity contribution in [2.45, 2.75) is 12.2 Å². The second-order valence-electron chi connectivity index (χ2n) is 2.84. The van der Waals surface area contributed by atoms with Crippen molar-refractivity contribution in [2.75, 3.05) is 6.61 Å². The highest BCUT2D eigenvalue weighted by Crippen LogP contribution is 2.24. The van der Waals surface area contributed by atoms with E-state index in [0.717, 1.165) is 12.3 Å². The lowest BCUT2D eigenvalue weighted by Crippen LogP contribution is -2.26. The molecule has 0 saturated heterocycles. The maximum atomic E-state index is 13.1. The number of aliphatic hydroxyl groups is 2. The van der Waals surface area contributed by atoms with Crippen molar-refractivity contribution >= 4 is 5.91 Å². The molecule has 15 heavy (non-hydrogen) atoms. The van der Waals surface area contributed by atoms with Crippen molar-refractivity contribution in [3.63, 3.8) is 0 Å². The van der Waals surface area contributed by atoms with Crippen LogP contribution in [-0.2, 0) is 9.53 Å². The van der Waals surface area contributed by atoms with Gasteiger partial charge in [-0.3, -0.25) is 4.79 Å². The molecule has 0 aliphatic carbocycles. The van der Waals surface area contributed by atoms with Crippen molar-refractivity contribution in [3.8, 4) is 0 Å². The van der Waals surface area contributed by atoms with Gasteiger partial charge in [0.05, 0.1) is 6.61 Å². The summed E-state index contributed by atoms with van der Waals surface area (Å²) in [6.45, 7) is -0.515. The average molecular weight is 218 g/mol. The quantitative estimate of drug-likeness (QED) is 0.428. The minimum atomic E-state index is -1.50. The molecule has 5 N–H and O–H groups in total. The van der Waals surface area contributed by atoms with Crippen LogP contribution in [0.1, 0.15) is 0 Å². The molecule has 0 aromatic rings. The lowest BCUT2D eigenvalue weighted by atomic mass is 10.2. The normalized spacial score (nSPS) is 25.8. The highest BCUT2D eigenvalue weighted by atomic mass is 19.1. The van der Waals surface area contributed by atoms with E-state index in [1.54, 1.807) is 0 Å². The first-order chi connectivity index (χ1) is 7.06. The van der Waals surface area contributed by atoms with Gasteiger partial charge in [0.15, 0.2) is 11.9 Å². The number of carbonyl (C=O) groups is 1. The second-order valence-corrected chi connectivity index (χ2v) is 2.84. The first-order valence-corrected chi connectivity index (χ1v) is 4.14. The van der Waals surface area contributed by atoms with E-state index in [9.17, 15) is 9.18 Å². The Labute approximate surface area is 84.8 Å². The standard InChI is InChI=1S/C8H11FN2O4/c9-6-7(14)4(3-12)15-8(6)11-2-1-5(10)13/h1-2,4,7,11-12,14H,3H2,(H2,10,13)/b2-1-. The Hall–Kier alpha value is -1.60. The predicted octanol–water partition coefficient (Wildman–Crippen LogP) is -1.53. The van der Waals surface area contributed by atoms with Crippen LogP contribution in [0.25, 0.3) is 0 Å². The number of ether oxygens (including phenoxy) is 1. The van der Waals surface area contributed by atoms with Crippen molar-refractivity contribution in [1.82, 2.24) is 5.32 Å². The van der Waals surface area contributed by atoms with E-state index in [-0.39, 0.29) is 5.88 Å². The van der Waals surface area contributed by atoms with E-state index in [2.05, 4.69) is 5.32 Å². The van der Waals surface area contributed by atoms with Crippen molar-refractivity contribution in [2.24, 2.45) is 5.73 Å². The third-order valence-corrected chi connectivity index (χ3v) is 1.74. The van der Waals surface area contributed by atoms with E-state index in [0.29, 0.717) is 0 Å². The zero-order valence-corrected chi connectivity index (χ0v) is 7.68. The molecule has 2 unspecified atom stereocenters. The Morgan fingerprint density at radius 3 is 2.87 bits per heavy atom. The Morgan fingerprint density at radius 1 is 1.73 bits per heavy atom. The summed E-state index contributed by atoms with van der Waals surface area (Å²) in [5.74, 6) is -1.97. The number of nitrogens with two attached hydrogens (primary N) is 1. The monoisotopic (exact) mass is 218 g/mol. The van der Waals surface area contributed by atoms with Crippen LogP contribution in [0.2, 0.25) is 0 Å². The third-order valence-electron chi connectivity index (χ3n) is 1.74. The summed E-state index contributed by atoms with van der Waals surface area (Å²) in [4.78, 5) is 10.3. The van der Waals surface area contributed by atoms with Gasteiger partial charge < -0.3 is 26.0 Å². The van der Waals surface area contributed by atoms with Gasteiger partial charge in [0, 0.05) is 12.3 Å². The molecule has 2 atom stereocenters. The van der Waals surface area contributed by atoms with Crippen LogP contribution < -0.4 is 11.1 Å². The molecule has 1 aliphatic rings. The van der Waals surface area contributed by atoms with Crippen LogP contribution in [0.5, 0.6) is 0 Å². The molecule has 0 aromatic heterocycles. The molecule has 84 valence electrons. The first kappa shape index (κ1) is 11.5. The number of nitrogens with one attached hydrogen (secondary N) is 1. The number of amides is 1. The lowest BCUT2D eigenvalue weighted by molar-refractivity contribution is -0.113. The van der Waals surface area contributed by atoms with Crippen molar-refractivity contribution in [1.29, 1.82) is 0 Å². The molecule has 1 heterocycles. The van der Waals surface area contributed by atoms with Gasteiger partial charge in [-0.15, -0.1) is 0 Å². The van der Waals surface area contributed by atoms with E-state index < -0.39 is 30.5 Å². The third kappa shape index (κ3) is 2.67. The Bertz CT molecular complexity index is 316. The van der Waals surface area contributed by atoms with Crippen LogP contribution in [0.3, 0.4) is 0 Å². The minimum absolute atomic E-state index is 0.334. The van der Waals surface area contributed by atoms with Gasteiger partial charge in [0.2, 0.25) is 11.8 Å². The smallest absolute Gasteiger partial charge is 0.242 e. The number of hydrogen-bond acceptors (Lipinski definition) is 5. The number of carbonyl (C=O) groups excluding carboxylic acids is 1. The number of rotatable bonds is 4. The van der Waals surface area contributed by atoms with Gasteiger partial charge in [0.1, 0.15) is 6.10 Å². The molecular formula is C8H11FN2O4. The molecular weight excluding hydrogens is 207 g/mol. The lowest BCUT2D eigenvalue weighted by Gasteiger charge is -2.11. The predicted molar refractivity (Wildman–Crippen MR) is 47.6 cm³/mol. The van der Waals surface area contributed by atoms with Crippen LogP contribution in [-0.4, -0.2) is 34.9 Å². The summed E-state index contributed by atoms with van der Waals surface area (Å²) in [5.41, 5.74) is 4.79. The molecule has 0 aromatic carbocycles. The van der Waals surface area contributed by atoms with Gasteiger partial charge in [0.25, 0.3) is 0 Å². The number of hydrogen-bond donors (Lipinski definition) is 4. The van der Waals surface area contributed by atoms with Crippen LogP contribution in [0.15, 0.2) is 24.0 Å². The van der Waals surface area contributed by atoms with Gasteiger partial charge in [-0.25, -0.2) is 4.39 Å². The summed E-state index contributed by atoms with van der Waals surface area (Å²) >= 11 is 0. The second kappa shape index (κ2) is 4.76. The molecule has 0 fully saturated rings. The molecule has 0 radical (unpaired) electrons. The Morgan fingerprint density at radius 2 is 2.40 bits per heavy atom. The zero-order valence-electron chi connectivity index (χ0n) is 7.68. The van der Waals surface area contributed by atoms with Crippen LogP contribution in [0.4, 0.5) is 4.39 Å². The van der Waals surface area contributed by atoms with E-state index in [4.69, 9.17) is 20.7 Å². The zero-order chi connectivity index (χ0) is 11.4. The van der Waals surface area contributed by atoms with Gasteiger partial charge >= 0.3 is 0 Å². The van der Waals surface area contributed by atoms with E-state index >= 15 is 0 Å². The van der Waals surface area contributed by atoms with Crippen molar-refractivity contribution in [3.05, 3.63) is 24.0 Å². The topological polar surface area (TPSA) is 105 Å². The Kier molecular flexibility index (Phi) is 3.64. The molecule has 0 saturated carbocycles. The highest BCUT2D eigenvalue weighted by molar-refractivity contribution is 5.85. The summed E-state index contributed by atoms with van der Waals surface area (Å²) < 4.78 is 17.9. The van der Waals surface area contributed by atoms with E-state index in [1.807, 2.05) is 0 Å². The number of aliphatic hydroxyl groups excluding tert-OH is 2. The molecule has 1 amide bonds. The highest BCUT2D eigenvalue weighted by Gasteiger charge is 2.35. The maximum Gasteiger partial charge on any atom is 0.242 e. The molecule has 6 nitrogen and oxygen atoms in total. The minimum Gasteiger partial charge on any atom is -0.468 e. The summed E-state index contributed by atoms with van der Waals surface area (Å²) in [6, 6.07) is 0. The van der Waals surface area contributed by atoms with Crippen LogP contribution in [0, 0.1) is 0 Å². The molecule has 7 heteroatoms. The largest absolute Gasteiger partial charge is 0.468 e. The summed E-state index contributed by atoms with van der Waals surface area (Å²) in [5, 5.41) is 20.1.